The number of nitrogens with zero attached hydrogens (tertiary/aromatic N) is 9. The number of carbonyl (C=O) groups is 2. The molecule has 16 heteroatoms. The first-order valence-corrected chi connectivity index (χ1v) is 25.2. The highest BCUT2D eigenvalue weighted by Crippen LogP contribution is 2.41. The number of fused-ring (bicyclic) bond motifs is 3. The minimum atomic E-state index is -0.489. The highest BCUT2D eigenvalue weighted by atomic mass is 35.5. The number of carbonyl (C=O) groups excluding carboxylic acids is 2. The normalized spacial score (nSPS) is 15.0. The zero-order valence-electron chi connectivity index (χ0n) is 40.7. The molecule has 2 amide bonds. The summed E-state index contributed by atoms with van der Waals surface area (Å²) in [4.78, 5) is 38.0. The fourth-order valence-corrected chi connectivity index (χ4v) is 11.0. The first-order valence-electron chi connectivity index (χ1n) is 24.0. The number of aromatic nitrogens is 6. The van der Waals surface area contributed by atoms with Crippen molar-refractivity contribution >= 4 is 40.5 Å². The molecule has 362 valence electrons. The summed E-state index contributed by atoms with van der Waals surface area (Å²) >= 11 is 8.01. The molecule has 0 bridgehead atoms. The van der Waals surface area contributed by atoms with Crippen LogP contribution in [0.1, 0.15) is 118 Å². The highest BCUT2D eigenvalue weighted by Gasteiger charge is 2.34. The Bertz CT molecular complexity index is 3080. The number of aliphatic imine (C=N–C) groups is 1. The van der Waals surface area contributed by atoms with Crippen LogP contribution in [0, 0.1) is 26.7 Å². The van der Waals surface area contributed by atoms with Gasteiger partial charge in [-0.05, 0) is 124 Å². The number of hydrogen-bond donors (Lipinski definition) is 3. The Morgan fingerprint density at radius 1 is 0.843 bits per heavy atom. The number of piperidine rings is 1. The number of likely N-dealkylation sites (tertiary alicyclic amines) is 1. The molecule has 0 saturated carbocycles. The van der Waals surface area contributed by atoms with Crippen molar-refractivity contribution in [3.8, 4) is 33.6 Å². The van der Waals surface area contributed by atoms with Crippen LogP contribution in [-0.4, -0.2) is 93.7 Å². The van der Waals surface area contributed by atoms with Gasteiger partial charge in [0.25, 0.3) is 5.91 Å². The van der Waals surface area contributed by atoms with Crippen LogP contribution >= 0.6 is 22.9 Å². The van der Waals surface area contributed by atoms with Crippen molar-refractivity contribution in [3.05, 3.63) is 151 Å². The van der Waals surface area contributed by atoms with Crippen LogP contribution in [0.4, 0.5) is 0 Å². The summed E-state index contributed by atoms with van der Waals surface area (Å²) in [6, 6.07) is 27.1. The van der Waals surface area contributed by atoms with E-state index in [9.17, 15) is 19.8 Å². The molecule has 0 aliphatic carbocycles. The van der Waals surface area contributed by atoms with Crippen LogP contribution in [0.3, 0.4) is 0 Å². The molecule has 0 unspecified atom stereocenters. The summed E-state index contributed by atoms with van der Waals surface area (Å²) in [6.07, 6.45) is 3.06. The Morgan fingerprint density at radius 3 is 2.16 bits per heavy atom. The molecule has 3 aromatic heterocycles. The summed E-state index contributed by atoms with van der Waals surface area (Å²) in [5.41, 5.74) is 9.29. The molecule has 0 radical (unpaired) electrons. The van der Waals surface area contributed by atoms with Crippen LogP contribution in [0.5, 0.6) is 11.5 Å². The third-order valence-electron chi connectivity index (χ3n) is 13.6. The fourth-order valence-electron chi connectivity index (χ4n) is 9.68. The molecule has 2 aliphatic heterocycles. The number of halogens is 1. The van der Waals surface area contributed by atoms with Crippen LogP contribution in [-0.2, 0) is 24.3 Å². The van der Waals surface area contributed by atoms with E-state index in [1.54, 1.807) is 22.0 Å². The topological polar surface area (TPSA) is 167 Å². The Morgan fingerprint density at radius 2 is 1.50 bits per heavy atom. The fraction of sp³-hybridized carbons (Fsp3) is 0.352. The van der Waals surface area contributed by atoms with E-state index in [0.717, 1.165) is 64.6 Å². The zero-order chi connectivity index (χ0) is 49.4. The van der Waals surface area contributed by atoms with Gasteiger partial charge in [-0.3, -0.25) is 28.6 Å². The van der Waals surface area contributed by atoms with Crippen molar-refractivity contribution in [1.29, 1.82) is 0 Å². The van der Waals surface area contributed by atoms with Gasteiger partial charge in [-0.2, -0.15) is 0 Å². The Balaban J connectivity index is 0.809. The van der Waals surface area contributed by atoms with E-state index in [-0.39, 0.29) is 41.5 Å². The van der Waals surface area contributed by atoms with Crippen LogP contribution < -0.4 is 5.32 Å². The molecular formula is C54H59ClN10O4S. The van der Waals surface area contributed by atoms with Crippen molar-refractivity contribution in [3.63, 3.8) is 0 Å². The summed E-state index contributed by atoms with van der Waals surface area (Å²) < 4.78 is 3.74. The van der Waals surface area contributed by atoms with Gasteiger partial charge < -0.3 is 20.4 Å². The molecule has 1 fully saturated rings. The molecule has 5 heterocycles. The first-order chi connectivity index (χ1) is 33.7. The number of aryl methyl sites for hydroxylation is 2. The van der Waals surface area contributed by atoms with Gasteiger partial charge in [-0.25, -0.2) is 0 Å². The van der Waals surface area contributed by atoms with E-state index in [4.69, 9.17) is 16.6 Å². The van der Waals surface area contributed by atoms with Crippen molar-refractivity contribution < 1.29 is 19.8 Å². The number of phenolic OH excluding ortho intramolecular Hbond substituents is 2. The lowest BCUT2D eigenvalue weighted by molar-refractivity contribution is -0.133. The van der Waals surface area contributed by atoms with Crippen molar-refractivity contribution in [2.45, 2.75) is 92.3 Å². The predicted octanol–water partition coefficient (Wildman–Crippen LogP) is 9.83. The SMILES string of the molecule is CCNC(=O)c1nnc(-c2cc(C(C)C)c(O)cc2O)n1-c1ccc(CN(C)Cc2ccc(CC3CCN(C(=O)C[C@H]4N=C(c5ccc(Cl)cc5)c5c(sc(C)c5C)-n5c(C)nnc54)CC3)cc2)cc1. The van der Waals surface area contributed by atoms with Crippen LogP contribution in [0.25, 0.3) is 22.1 Å². The number of thiophene rings is 1. The van der Waals surface area contributed by atoms with Gasteiger partial charge in [0, 0.05) is 65.5 Å². The second-order valence-electron chi connectivity index (χ2n) is 18.9. The van der Waals surface area contributed by atoms with Gasteiger partial charge >= 0.3 is 0 Å². The number of amides is 2. The van der Waals surface area contributed by atoms with Crippen LogP contribution in [0.2, 0.25) is 5.02 Å². The summed E-state index contributed by atoms with van der Waals surface area (Å²) in [5.74, 6) is 1.86. The minimum Gasteiger partial charge on any atom is -0.508 e. The third kappa shape index (κ3) is 9.87. The second kappa shape index (κ2) is 20.3. The van der Waals surface area contributed by atoms with Crippen molar-refractivity contribution in [1.82, 2.24) is 44.6 Å². The third-order valence-corrected chi connectivity index (χ3v) is 15.0. The molecule has 2 aliphatic rings. The largest absolute Gasteiger partial charge is 0.508 e. The molecular weight excluding hydrogens is 920 g/mol. The number of benzene rings is 4. The molecule has 14 nitrogen and oxygen atoms in total. The molecule has 4 aromatic carbocycles. The summed E-state index contributed by atoms with van der Waals surface area (Å²) in [6.45, 7) is 15.2. The Hall–Kier alpha value is -6.68. The van der Waals surface area contributed by atoms with Gasteiger partial charge in [0.05, 0.1) is 17.7 Å². The van der Waals surface area contributed by atoms with E-state index in [1.165, 1.54) is 22.1 Å². The van der Waals surface area contributed by atoms with Gasteiger partial charge in [0.15, 0.2) is 11.6 Å². The van der Waals surface area contributed by atoms with E-state index in [1.807, 2.05) is 81.1 Å². The van der Waals surface area contributed by atoms with E-state index >= 15 is 0 Å². The maximum atomic E-state index is 14.1. The number of phenols is 2. The number of rotatable bonds is 14. The van der Waals surface area contributed by atoms with Crippen molar-refractivity contribution in [2.24, 2.45) is 10.9 Å². The first kappa shape index (κ1) is 48.3. The Kier molecular flexibility index (Phi) is 14.1. The van der Waals surface area contributed by atoms with Gasteiger partial charge in [-0.15, -0.1) is 31.7 Å². The lowest BCUT2D eigenvalue weighted by Crippen LogP contribution is -2.39. The predicted molar refractivity (Wildman–Crippen MR) is 275 cm³/mol. The lowest BCUT2D eigenvalue weighted by Gasteiger charge is -2.32. The molecule has 0 spiro atoms. The Labute approximate surface area is 417 Å². The number of hydrogen-bond acceptors (Lipinski definition) is 11. The number of aromatic hydroxyl groups is 2. The van der Waals surface area contributed by atoms with Crippen LogP contribution in [0.15, 0.2) is 89.9 Å². The smallest absolute Gasteiger partial charge is 0.289 e. The van der Waals surface area contributed by atoms with E-state index < -0.39 is 6.04 Å². The second-order valence-corrected chi connectivity index (χ2v) is 20.6. The molecule has 1 saturated heterocycles. The van der Waals surface area contributed by atoms with Gasteiger partial charge in [0.2, 0.25) is 11.7 Å². The highest BCUT2D eigenvalue weighted by molar-refractivity contribution is 7.15. The molecule has 3 N–H and O–H groups in total. The van der Waals surface area contributed by atoms with E-state index in [0.29, 0.717) is 65.6 Å². The van der Waals surface area contributed by atoms with Gasteiger partial charge in [-0.1, -0.05) is 74.0 Å². The molecule has 70 heavy (non-hydrogen) atoms. The van der Waals surface area contributed by atoms with E-state index in [2.05, 4.69) is 80.3 Å². The maximum absolute atomic E-state index is 14.1. The molecule has 1 atom stereocenters. The summed E-state index contributed by atoms with van der Waals surface area (Å²) in [7, 11) is 2.09. The average molecular weight is 980 g/mol. The van der Waals surface area contributed by atoms with Gasteiger partial charge in [0.1, 0.15) is 28.4 Å². The standard InChI is InChI=1S/C54H59ClN10O4S/c1-8-56-53(69)52-61-59-50(43-26-42(31(2)3)45(66)28-46(43)67)65(52)41-19-13-38(14-20-41)30-62(7)29-37-11-9-35(10-12-37)25-36-21-23-63(24-22-36)47(68)27-44-51-60-58-34(6)64(51)54-48(32(4)33(5)70-54)49(57-44)39-15-17-40(55)18-16-39/h9-20,26,28,31,36,44,66-67H,8,21-25,27,29-30H2,1-7H3,(H,56,69)/t44-/m1/s1. The zero-order valence-corrected chi connectivity index (χ0v) is 42.3. The molecule has 7 aromatic rings. The van der Waals surface area contributed by atoms with Crippen molar-refractivity contribution in [2.75, 3.05) is 26.7 Å². The average Bonchev–Trinajstić information content (AvgIpc) is 4.01. The number of nitrogens with one attached hydrogen (secondary N) is 1. The quantitative estimate of drug-likeness (QED) is 0.0962. The molecule has 9 rings (SSSR count). The minimum absolute atomic E-state index is 0.00665. The summed E-state index contributed by atoms with van der Waals surface area (Å²) in [5, 5.41) is 43.6. The monoisotopic (exact) mass is 978 g/mol. The lowest BCUT2D eigenvalue weighted by atomic mass is 9.89. The maximum Gasteiger partial charge on any atom is 0.289 e.